The first-order valence-electron chi connectivity index (χ1n) is 5.11. The smallest absolute Gasteiger partial charge is 0.333 e. The van der Waals surface area contributed by atoms with Crippen LogP contribution in [0.2, 0.25) is 0 Å². The first-order valence-corrected chi connectivity index (χ1v) is 5.11. The van der Waals surface area contributed by atoms with E-state index >= 15 is 0 Å². The van der Waals surface area contributed by atoms with E-state index in [4.69, 9.17) is 0 Å². The Morgan fingerprint density at radius 1 is 1.64 bits per heavy atom. The maximum absolute atomic E-state index is 11.0. The minimum absolute atomic E-state index is 0.244. The summed E-state index contributed by atoms with van der Waals surface area (Å²) in [6.45, 7) is 5.85. The summed E-state index contributed by atoms with van der Waals surface area (Å²) in [5.41, 5.74) is 0.670. The molecular formula is C11H19NO2. The summed E-state index contributed by atoms with van der Waals surface area (Å²) in [4.78, 5) is 11.0. The van der Waals surface area contributed by atoms with Gasteiger partial charge in [-0.2, -0.15) is 0 Å². The molecule has 0 bridgehead atoms. The Balaban J connectivity index is 2.09. The summed E-state index contributed by atoms with van der Waals surface area (Å²) in [5, 5.41) is 3.30. The van der Waals surface area contributed by atoms with Gasteiger partial charge in [0.25, 0.3) is 0 Å². The summed E-state index contributed by atoms with van der Waals surface area (Å²) in [7, 11) is 1.40. The van der Waals surface area contributed by atoms with Crippen molar-refractivity contribution < 1.29 is 9.53 Å². The molecule has 3 heteroatoms. The molecule has 1 aliphatic carbocycles. The van der Waals surface area contributed by atoms with Gasteiger partial charge >= 0.3 is 5.97 Å². The first-order chi connectivity index (χ1) is 6.65. The quantitative estimate of drug-likeness (QED) is 0.411. The van der Waals surface area contributed by atoms with Gasteiger partial charge in [0, 0.05) is 12.1 Å². The van der Waals surface area contributed by atoms with Crippen molar-refractivity contribution >= 4 is 5.97 Å². The lowest BCUT2D eigenvalue weighted by molar-refractivity contribution is -0.136. The number of carbonyl (C=O) groups is 1. The monoisotopic (exact) mass is 197 g/mol. The molecule has 1 N–H and O–H groups in total. The maximum Gasteiger partial charge on any atom is 0.333 e. The molecule has 1 saturated carbocycles. The third-order valence-electron chi connectivity index (χ3n) is 2.74. The fourth-order valence-electron chi connectivity index (χ4n) is 1.42. The molecule has 0 heterocycles. The van der Waals surface area contributed by atoms with Crippen LogP contribution in [0.4, 0.5) is 0 Å². The predicted molar refractivity (Wildman–Crippen MR) is 55.9 cm³/mol. The Morgan fingerprint density at radius 3 is 2.79 bits per heavy atom. The molecule has 2 atom stereocenters. The molecule has 0 aromatic carbocycles. The number of ether oxygens (including phenoxy) is 1. The van der Waals surface area contributed by atoms with Crippen molar-refractivity contribution in [1.29, 1.82) is 0 Å². The molecule has 0 aliphatic heterocycles. The first kappa shape index (κ1) is 11.2. The van der Waals surface area contributed by atoms with Crippen LogP contribution in [0.5, 0.6) is 0 Å². The number of methoxy groups -OCH3 is 1. The average Bonchev–Trinajstić information content (AvgIpc) is 2.87. The van der Waals surface area contributed by atoms with E-state index in [0.29, 0.717) is 5.57 Å². The van der Waals surface area contributed by atoms with Crippen LogP contribution < -0.4 is 5.32 Å². The normalized spacial score (nSPS) is 26.1. The van der Waals surface area contributed by atoms with E-state index in [9.17, 15) is 4.79 Å². The van der Waals surface area contributed by atoms with E-state index in [0.717, 1.165) is 24.9 Å². The van der Waals surface area contributed by atoms with Crippen LogP contribution in [0.15, 0.2) is 11.6 Å². The predicted octanol–water partition coefficient (Wildman–Crippen LogP) is 1.35. The lowest BCUT2D eigenvalue weighted by Crippen LogP contribution is -2.18. The molecule has 0 aromatic rings. The number of esters is 1. The molecule has 80 valence electrons. The summed E-state index contributed by atoms with van der Waals surface area (Å²) < 4.78 is 4.58. The van der Waals surface area contributed by atoms with Crippen molar-refractivity contribution in [2.24, 2.45) is 11.8 Å². The van der Waals surface area contributed by atoms with Gasteiger partial charge in [0.1, 0.15) is 0 Å². The van der Waals surface area contributed by atoms with Gasteiger partial charge in [-0.25, -0.2) is 4.79 Å². The number of hydrogen-bond acceptors (Lipinski definition) is 3. The van der Waals surface area contributed by atoms with E-state index in [1.807, 2.05) is 6.08 Å². The molecule has 14 heavy (non-hydrogen) atoms. The second kappa shape index (κ2) is 5.15. The zero-order chi connectivity index (χ0) is 10.6. The zero-order valence-corrected chi connectivity index (χ0v) is 9.17. The summed E-state index contributed by atoms with van der Waals surface area (Å²) in [6, 6.07) is 0. The van der Waals surface area contributed by atoms with Gasteiger partial charge in [0.15, 0.2) is 0 Å². The topological polar surface area (TPSA) is 38.3 Å². The number of rotatable bonds is 5. The van der Waals surface area contributed by atoms with Crippen molar-refractivity contribution in [3.63, 3.8) is 0 Å². The molecule has 1 fully saturated rings. The van der Waals surface area contributed by atoms with Gasteiger partial charge in [-0.3, -0.25) is 0 Å². The van der Waals surface area contributed by atoms with E-state index < -0.39 is 0 Å². The second-order valence-corrected chi connectivity index (χ2v) is 4.01. The summed E-state index contributed by atoms with van der Waals surface area (Å²) in [6.07, 6.45) is 3.21. The largest absolute Gasteiger partial charge is 0.466 e. The standard InChI is InChI=1S/C11H19NO2/c1-8(11(13)14-3)4-5-12-7-10-6-9(10)2/h4,9-10,12H,5-7H2,1-3H3. The molecule has 0 amide bonds. The summed E-state index contributed by atoms with van der Waals surface area (Å²) in [5.74, 6) is 1.49. The molecule has 0 spiro atoms. The van der Waals surface area contributed by atoms with Crippen LogP contribution in [0.25, 0.3) is 0 Å². The van der Waals surface area contributed by atoms with Gasteiger partial charge in [0.05, 0.1) is 7.11 Å². The lowest BCUT2D eigenvalue weighted by atomic mass is 10.3. The average molecular weight is 197 g/mol. The van der Waals surface area contributed by atoms with Gasteiger partial charge in [-0.15, -0.1) is 0 Å². The van der Waals surface area contributed by atoms with Crippen molar-refractivity contribution in [1.82, 2.24) is 5.32 Å². The summed E-state index contributed by atoms with van der Waals surface area (Å²) >= 11 is 0. The molecule has 3 nitrogen and oxygen atoms in total. The molecule has 1 aliphatic rings. The SMILES string of the molecule is COC(=O)C(C)=CCNCC1CC1C. The Labute approximate surface area is 85.5 Å². The minimum Gasteiger partial charge on any atom is -0.466 e. The fraction of sp³-hybridized carbons (Fsp3) is 0.727. The van der Waals surface area contributed by atoms with E-state index in [1.165, 1.54) is 13.5 Å². The number of carbonyl (C=O) groups excluding carboxylic acids is 1. The molecule has 2 unspecified atom stereocenters. The van der Waals surface area contributed by atoms with Gasteiger partial charge in [-0.05, 0) is 31.7 Å². The van der Waals surface area contributed by atoms with Crippen LogP contribution in [-0.2, 0) is 9.53 Å². The van der Waals surface area contributed by atoms with Crippen LogP contribution >= 0.6 is 0 Å². The van der Waals surface area contributed by atoms with Gasteiger partial charge in [0.2, 0.25) is 0 Å². The molecule has 0 saturated heterocycles. The highest BCUT2D eigenvalue weighted by atomic mass is 16.5. The number of nitrogens with one attached hydrogen (secondary N) is 1. The van der Waals surface area contributed by atoms with Crippen molar-refractivity contribution in [2.75, 3.05) is 20.2 Å². The minimum atomic E-state index is -0.244. The highest BCUT2D eigenvalue weighted by Crippen LogP contribution is 2.36. The lowest BCUT2D eigenvalue weighted by Gasteiger charge is -2.01. The highest BCUT2D eigenvalue weighted by Gasteiger charge is 2.31. The Kier molecular flexibility index (Phi) is 4.14. The Hall–Kier alpha value is -0.830. The fourth-order valence-corrected chi connectivity index (χ4v) is 1.42. The van der Waals surface area contributed by atoms with E-state index in [2.05, 4.69) is 17.0 Å². The van der Waals surface area contributed by atoms with Crippen molar-refractivity contribution in [3.05, 3.63) is 11.6 Å². The van der Waals surface area contributed by atoms with Crippen LogP contribution in [0.1, 0.15) is 20.3 Å². The van der Waals surface area contributed by atoms with Gasteiger partial charge in [-0.1, -0.05) is 13.0 Å². The second-order valence-electron chi connectivity index (χ2n) is 4.01. The maximum atomic E-state index is 11.0. The zero-order valence-electron chi connectivity index (χ0n) is 9.17. The third-order valence-corrected chi connectivity index (χ3v) is 2.74. The van der Waals surface area contributed by atoms with Crippen LogP contribution in [-0.4, -0.2) is 26.2 Å². The highest BCUT2D eigenvalue weighted by molar-refractivity contribution is 5.87. The van der Waals surface area contributed by atoms with Gasteiger partial charge < -0.3 is 10.1 Å². The van der Waals surface area contributed by atoms with E-state index in [-0.39, 0.29) is 5.97 Å². The Bertz CT molecular complexity index is 235. The van der Waals surface area contributed by atoms with Crippen LogP contribution in [0.3, 0.4) is 0 Å². The van der Waals surface area contributed by atoms with Crippen molar-refractivity contribution in [2.45, 2.75) is 20.3 Å². The van der Waals surface area contributed by atoms with Crippen molar-refractivity contribution in [3.8, 4) is 0 Å². The Morgan fingerprint density at radius 2 is 2.29 bits per heavy atom. The van der Waals surface area contributed by atoms with E-state index in [1.54, 1.807) is 6.92 Å². The molecule has 0 aromatic heterocycles. The number of hydrogen-bond donors (Lipinski definition) is 1. The molecule has 1 rings (SSSR count). The molecule has 0 radical (unpaired) electrons. The third kappa shape index (κ3) is 3.50. The molecular weight excluding hydrogens is 178 g/mol. The van der Waals surface area contributed by atoms with Crippen LogP contribution in [0, 0.1) is 11.8 Å².